The molecular weight excluding hydrogens is 196 g/mol. The standard InChI is InChI=1S/C14H28N2/c1-11(2)6-7-16(3)14(10-15)9-12-4-5-13(14)8-12/h11-13H,4-10,15H2,1-3H3. The van der Waals surface area contributed by atoms with Crippen molar-refractivity contribution in [2.75, 3.05) is 20.1 Å². The third-order valence-corrected chi connectivity index (χ3v) is 5.10. The monoisotopic (exact) mass is 224 g/mol. The Morgan fingerprint density at radius 2 is 2.12 bits per heavy atom. The first-order chi connectivity index (χ1) is 7.58. The summed E-state index contributed by atoms with van der Waals surface area (Å²) >= 11 is 0. The lowest BCUT2D eigenvalue weighted by Crippen LogP contribution is -2.56. The molecule has 2 nitrogen and oxygen atoms in total. The van der Waals surface area contributed by atoms with Gasteiger partial charge in [0.1, 0.15) is 0 Å². The molecule has 0 amide bonds. The number of nitrogens with zero attached hydrogens (tertiary/aromatic N) is 1. The predicted molar refractivity (Wildman–Crippen MR) is 69.3 cm³/mol. The van der Waals surface area contributed by atoms with E-state index in [4.69, 9.17) is 5.73 Å². The third kappa shape index (κ3) is 2.02. The van der Waals surface area contributed by atoms with Crippen LogP contribution >= 0.6 is 0 Å². The van der Waals surface area contributed by atoms with Gasteiger partial charge in [-0.25, -0.2) is 0 Å². The highest BCUT2D eigenvalue weighted by Crippen LogP contribution is 2.52. The molecule has 0 radical (unpaired) electrons. The van der Waals surface area contributed by atoms with E-state index in [0.717, 1.165) is 24.3 Å². The fourth-order valence-corrected chi connectivity index (χ4v) is 3.96. The third-order valence-electron chi connectivity index (χ3n) is 5.10. The topological polar surface area (TPSA) is 29.3 Å². The summed E-state index contributed by atoms with van der Waals surface area (Å²) < 4.78 is 0. The van der Waals surface area contributed by atoms with Gasteiger partial charge in [0, 0.05) is 12.1 Å². The Morgan fingerprint density at radius 3 is 2.56 bits per heavy atom. The lowest BCUT2D eigenvalue weighted by Gasteiger charge is -2.45. The van der Waals surface area contributed by atoms with Crippen LogP contribution in [0.1, 0.15) is 46.0 Å². The first-order valence-electron chi connectivity index (χ1n) is 7.00. The summed E-state index contributed by atoms with van der Waals surface area (Å²) in [7, 11) is 2.30. The number of fused-ring (bicyclic) bond motifs is 2. The molecule has 0 aliphatic heterocycles. The molecule has 0 spiro atoms. The maximum absolute atomic E-state index is 6.12. The Hall–Kier alpha value is -0.0800. The van der Waals surface area contributed by atoms with Crippen LogP contribution in [-0.2, 0) is 0 Å². The molecule has 3 unspecified atom stereocenters. The number of hydrogen-bond acceptors (Lipinski definition) is 2. The molecule has 2 heteroatoms. The average Bonchev–Trinajstić information content (AvgIpc) is 2.85. The molecule has 0 aromatic heterocycles. The molecule has 3 atom stereocenters. The van der Waals surface area contributed by atoms with Crippen LogP contribution in [0.3, 0.4) is 0 Å². The van der Waals surface area contributed by atoms with E-state index in [1.165, 1.54) is 38.6 Å². The van der Waals surface area contributed by atoms with E-state index in [9.17, 15) is 0 Å². The normalized spacial score (nSPS) is 37.9. The van der Waals surface area contributed by atoms with Crippen LogP contribution in [0, 0.1) is 17.8 Å². The predicted octanol–water partition coefficient (Wildman–Crippen LogP) is 2.48. The van der Waals surface area contributed by atoms with Gasteiger partial charge in [0.2, 0.25) is 0 Å². The molecule has 16 heavy (non-hydrogen) atoms. The lowest BCUT2D eigenvalue weighted by molar-refractivity contribution is 0.0619. The van der Waals surface area contributed by atoms with Gasteiger partial charge in [0.25, 0.3) is 0 Å². The van der Waals surface area contributed by atoms with Gasteiger partial charge in [-0.15, -0.1) is 0 Å². The fourth-order valence-electron chi connectivity index (χ4n) is 3.96. The zero-order valence-electron chi connectivity index (χ0n) is 11.2. The lowest BCUT2D eigenvalue weighted by atomic mass is 9.79. The van der Waals surface area contributed by atoms with Crippen molar-refractivity contribution in [1.29, 1.82) is 0 Å². The van der Waals surface area contributed by atoms with Crippen LogP contribution in [0.25, 0.3) is 0 Å². The van der Waals surface area contributed by atoms with Crippen molar-refractivity contribution >= 4 is 0 Å². The van der Waals surface area contributed by atoms with Crippen molar-refractivity contribution in [1.82, 2.24) is 4.90 Å². The van der Waals surface area contributed by atoms with Gasteiger partial charge in [-0.05, 0) is 57.0 Å². The summed E-state index contributed by atoms with van der Waals surface area (Å²) in [6.45, 7) is 6.70. The van der Waals surface area contributed by atoms with E-state index in [1.807, 2.05) is 0 Å². The molecule has 0 saturated heterocycles. The summed E-state index contributed by atoms with van der Waals surface area (Å²) in [5, 5.41) is 0. The maximum atomic E-state index is 6.12. The second-order valence-corrected chi connectivity index (χ2v) is 6.49. The molecule has 94 valence electrons. The van der Waals surface area contributed by atoms with Crippen molar-refractivity contribution in [3.8, 4) is 0 Å². The van der Waals surface area contributed by atoms with E-state index in [2.05, 4.69) is 25.8 Å². The average molecular weight is 224 g/mol. The zero-order valence-corrected chi connectivity index (χ0v) is 11.2. The highest BCUT2D eigenvalue weighted by Gasteiger charge is 2.51. The molecule has 0 aromatic carbocycles. The summed E-state index contributed by atoms with van der Waals surface area (Å²) in [4.78, 5) is 2.59. The number of nitrogens with two attached hydrogens (primary N) is 1. The van der Waals surface area contributed by atoms with E-state index < -0.39 is 0 Å². The van der Waals surface area contributed by atoms with Gasteiger partial charge in [-0.2, -0.15) is 0 Å². The van der Waals surface area contributed by atoms with Gasteiger partial charge in [-0.3, -0.25) is 4.90 Å². The summed E-state index contributed by atoms with van der Waals surface area (Å²) in [6, 6.07) is 0. The van der Waals surface area contributed by atoms with Gasteiger partial charge in [-0.1, -0.05) is 20.3 Å². The quantitative estimate of drug-likeness (QED) is 0.777. The summed E-state index contributed by atoms with van der Waals surface area (Å²) in [5.74, 6) is 2.67. The molecule has 0 heterocycles. The molecule has 0 aromatic rings. The molecule has 2 rings (SSSR count). The summed E-state index contributed by atoms with van der Waals surface area (Å²) in [6.07, 6.45) is 7.00. The number of likely N-dealkylation sites (N-methyl/N-ethyl adjacent to an activating group) is 1. The van der Waals surface area contributed by atoms with Crippen molar-refractivity contribution < 1.29 is 0 Å². The molecule has 2 bridgehead atoms. The van der Waals surface area contributed by atoms with Crippen LogP contribution in [0.4, 0.5) is 0 Å². The minimum Gasteiger partial charge on any atom is -0.329 e. The number of hydrogen-bond donors (Lipinski definition) is 1. The Kier molecular flexibility index (Phi) is 3.60. The molecule has 2 aliphatic rings. The van der Waals surface area contributed by atoms with E-state index in [-0.39, 0.29) is 0 Å². The van der Waals surface area contributed by atoms with Crippen LogP contribution < -0.4 is 5.73 Å². The van der Waals surface area contributed by atoms with Crippen molar-refractivity contribution in [2.45, 2.75) is 51.5 Å². The second-order valence-electron chi connectivity index (χ2n) is 6.49. The van der Waals surface area contributed by atoms with Crippen LogP contribution in [0.5, 0.6) is 0 Å². The van der Waals surface area contributed by atoms with Crippen LogP contribution in [0.15, 0.2) is 0 Å². The molecule has 2 aliphatic carbocycles. The second kappa shape index (κ2) is 4.66. The molecular formula is C14H28N2. The van der Waals surface area contributed by atoms with Gasteiger partial charge >= 0.3 is 0 Å². The molecule has 2 N–H and O–H groups in total. The summed E-state index contributed by atoms with van der Waals surface area (Å²) in [5.41, 5.74) is 6.48. The highest BCUT2D eigenvalue weighted by atomic mass is 15.2. The Balaban J connectivity index is 1.99. The highest BCUT2D eigenvalue weighted by molar-refractivity contribution is 5.07. The maximum Gasteiger partial charge on any atom is 0.0359 e. The van der Waals surface area contributed by atoms with E-state index in [1.54, 1.807) is 0 Å². The SMILES string of the molecule is CC(C)CCN(C)C1(CN)CC2CCC1C2. The van der Waals surface area contributed by atoms with Crippen LogP contribution in [0.2, 0.25) is 0 Å². The van der Waals surface area contributed by atoms with Gasteiger partial charge in [0.15, 0.2) is 0 Å². The van der Waals surface area contributed by atoms with Gasteiger partial charge < -0.3 is 5.73 Å². The first-order valence-corrected chi connectivity index (χ1v) is 7.00. The van der Waals surface area contributed by atoms with Crippen LogP contribution in [-0.4, -0.2) is 30.6 Å². The zero-order chi connectivity index (χ0) is 11.8. The minimum atomic E-state index is 0.359. The van der Waals surface area contributed by atoms with Gasteiger partial charge in [0.05, 0.1) is 0 Å². The largest absolute Gasteiger partial charge is 0.329 e. The smallest absolute Gasteiger partial charge is 0.0359 e. The van der Waals surface area contributed by atoms with Crippen molar-refractivity contribution in [3.63, 3.8) is 0 Å². The Morgan fingerprint density at radius 1 is 1.38 bits per heavy atom. The fraction of sp³-hybridized carbons (Fsp3) is 1.00. The Labute approximate surface area is 101 Å². The molecule has 2 fully saturated rings. The minimum absolute atomic E-state index is 0.359. The first kappa shape index (κ1) is 12.4. The van der Waals surface area contributed by atoms with E-state index in [0.29, 0.717) is 5.54 Å². The van der Waals surface area contributed by atoms with Crippen molar-refractivity contribution in [3.05, 3.63) is 0 Å². The molecule has 2 saturated carbocycles. The number of rotatable bonds is 5. The van der Waals surface area contributed by atoms with E-state index >= 15 is 0 Å². The Bertz CT molecular complexity index is 239. The van der Waals surface area contributed by atoms with Crippen molar-refractivity contribution in [2.24, 2.45) is 23.5 Å².